The third-order valence-electron chi connectivity index (χ3n) is 4.48. The number of likely N-dealkylation sites (N-methyl/N-ethyl adjacent to an activating group) is 1. The fourth-order valence-corrected chi connectivity index (χ4v) is 3.00. The quantitative estimate of drug-likeness (QED) is 0.799. The molecule has 0 N–H and O–H groups in total. The van der Waals surface area contributed by atoms with Crippen molar-refractivity contribution in [2.24, 2.45) is 0 Å². The lowest BCUT2D eigenvalue weighted by atomic mass is 10.1. The van der Waals surface area contributed by atoms with E-state index in [0.717, 1.165) is 31.6 Å². The van der Waals surface area contributed by atoms with Crippen LogP contribution in [0.25, 0.3) is 0 Å². The molecule has 0 aliphatic carbocycles. The van der Waals surface area contributed by atoms with Crippen LogP contribution in [0.15, 0.2) is 48.5 Å². The van der Waals surface area contributed by atoms with E-state index in [0.29, 0.717) is 24.4 Å². The van der Waals surface area contributed by atoms with E-state index >= 15 is 0 Å². The molecule has 2 aromatic rings. The Kier molecular flexibility index (Phi) is 5.70. The molecular formula is C20H21F3N2O2. The summed E-state index contributed by atoms with van der Waals surface area (Å²) in [4.78, 5) is 16.7. The van der Waals surface area contributed by atoms with E-state index in [1.165, 1.54) is 12.1 Å². The van der Waals surface area contributed by atoms with Gasteiger partial charge in [0.2, 0.25) is 0 Å². The standard InChI is InChI=1S/C20H21F3N2O2/c1-24-9-4-10-25(12-11-24)19(26)15-5-2-7-17(13-15)27-18-8-3-6-16(14-18)20(21,22)23/h2-3,5-8,13-14H,4,9-12H2,1H3. The number of hydrogen-bond donors (Lipinski definition) is 0. The van der Waals surface area contributed by atoms with Crippen molar-refractivity contribution >= 4 is 5.91 Å². The summed E-state index contributed by atoms with van der Waals surface area (Å²) in [7, 11) is 2.03. The molecule has 0 atom stereocenters. The van der Waals surface area contributed by atoms with Crippen LogP contribution in [0, 0.1) is 0 Å². The highest BCUT2D eigenvalue weighted by Gasteiger charge is 2.30. The van der Waals surface area contributed by atoms with Gasteiger partial charge in [0.1, 0.15) is 11.5 Å². The van der Waals surface area contributed by atoms with Gasteiger partial charge in [0.15, 0.2) is 0 Å². The first-order chi connectivity index (χ1) is 12.8. The molecule has 0 saturated carbocycles. The van der Waals surface area contributed by atoms with Gasteiger partial charge in [0.25, 0.3) is 5.91 Å². The van der Waals surface area contributed by atoms with Crippen LogP contribution >= 0.6 is 0 Å². The van der Waals surface area contributed by atoms with Crippen LogP contribution in [0.5, 0.6) is 11.5 Å². The Hall–Kier alpha value is -2.54. The molecule has 1 saturated heterocycles. The van der Waals surface area contributed by atoms with Gasteiger partial charge in [-0.25, -0.2) is 0 Å². The first kappa shape index (κ1) is 19.2. The Morgan fingerprint density at radius 3 is 2.41 bits per heavy atom. The molecule has 0 bridgehead atoms. The molecular weight excluding hydrogens is 357 g/mol. The number of alkyl halides is 3. The Morgan fingerprint density at radius 2 is 1.67 bits per heavy atom. The number of rotatable bonds is 3. The van der Waals surface area contributed by atoms with Crippen LogP contribution < -0.4 is 4.74 Å². The van der Waals surface area contributed by atoms with Gasteiger partial charge in [-0.15, -0.1) is 0 Å². The lowest BCUT2D eigenvalue weighted by Gasteiger charge is -2.21. The smallest absolute Gasteiger partial charge is 0.416 e. The fraction of sp³-hybridized carbons (Fsp3) is 0.350. The van der Waals surface area contributed by atoms with E-state index in [-0.39, 0.29) is 11.7 Å². The maximum atomic E-state index is 12.8. The van der Waals surface area contributed by atoms with Crippen molar-refractivity contribution in [3.63, 3.8) is 0 Å². The van der Waals surface area contributed by atoms with Crippen LogP contribution in [0.2, 0.25) is 0 Å². The Labute approximate surface area is 156 Å². The lowest BCUT2D eigenvalue weighted by molar-refractivity contribution is -0.137. The van der Waals surface area contributed by atoms with E-state index in [9.17, 15) is 18.0 Å². The van der Waals surface area contributed by atoms with Gasteiger partial charge in [0.05, 0.1) is 5.56 Å². The van der Waals surface area contributed by atoms with Gasteiger partial charge in [-0.1, -0.05) is 12.1 Å². The zero-order chi connectivity index (χ0) is 19.4. The van der Waals surface area contributed by atoms with Gasteiger partial charge in [-0.05, 0) is 56.4 Å². The number of carbonyl (C=O) groups is 1. The summed E-state index contributed by atoms with van der Waals surface area (Å²) in [5.74, 6) is 0.303. The molecule has 1 amide bonds. The van der Waals surface area contributed by atoms with E-state index in [1.807, 2.05) is 7.05 Å². The van der Waals surface area contributed by atoms with E-state index in [4.69, 9.17) is 4.74 Å². The molecule has 144 valence electrons. The highest BCUT2D eigenvalue weighted by Crippen LogP contribution is 2.32. The summed E-state index contributed by atoms with van der Waals surface area (Å²) in [6, 6.07) is 11.2. The minimum Gasteiger partial charge on any atom is -0.457 e. The molecule has 0 spiro atoms. The van der Waals surface area contributed by atoms with Crippen molar-refractivity contribution in [3.05, 3.63) is 59.7 Å². The Bertz CT molecular complexity index is 808. The minimum absolute atomic E-state index is 0.0748. The van der Waals surface area contributed by atoms with Crippen LogP contribution in [-0.2, 0) is 6.18 Å². The van der Waals surface area contributed by atoms with Gasteiger partial charge in [-0.3, -0.25) is 4.79 Å². The van der Waals surface area contributed by atoms with Crippen molar-refractivity contribution in [2.75, 3.05) is 33.2 Å². The Balaban J connectivity index is 1.75. The summed E-state index contributed by atoms with van der Waals surface area (Å²) in [5.41, 5.74) is -0.315. The molecule has 2 aromatic carbocycles. The number of amides is 1. The highest BCUT2D eigenvalue weighted by atomic mass is 19.4. The number of benzene rings is 2. The van der Waals surface area contributed by atoms with Gasteiger partial charge >= 0.3 is 6.18 Å². The fourth-order valence-electron chi connectivity index (χ4n) is 3.00. The third kappa shape index (κ3) is 5.01. The normalized spacial score (nSPS) is 16.1. The summed E-state index contributed by atoms with van der Waals surface area (Å²) < 4.78 is 44.1. The molecule has 3 rings (SSSR count). The summed E-state index contributed by atoms with van der Waals surface area (Å²) in [5, 5.41) is 0. The maximum Gasteiger partial charge on any atom is 0.416 e. The average molecular weight is 378 g/mol. The van der Waals surface area contributed by atoms with Crippen LogP contribution in [0.4, 0.5) is 13.2 Å². The molecule has 27 heavy (non-hydrogen) atoms. The molecule has 0 radical (unpaired) electrons. The maximum absolute atomic E-state index is 12.8. The van der Waals surface area contributed by atoms with E-state index < -0.39 is 11.7 Å². The van der Waals surface area contributed by atoms with Crippen molar-refractivity contribution in [2.45, 2.75) is 12.6 Å². The molecule has 1 aliphatic rings. The minimum atomic E-state index is -4.43. The molecule has 1 heterocycles. The van der Waals surface area contributed by atoms with Crippen molar-refractivity contribution in [1.82, 2.24) is 9.80 Å². The monoisotopic (exact) mass is 378 g/mol. The predicted octanol–water partition coefficient (Wildman–Crippen LogP) is 4.28. The second-order valence-electron chi connectivity index (χ2n) is 6.60. The zero-order valence-electron chi connectivity index (χ0n) is 15.0. The largest absolute Gasteiger partial charge is 0.457 e. The van der Waals surface area contributed by atoms with Crippen molar-refractivity contribution in [1.29, 1.82) is 0 Å². The Morgan fingerprint density at radius 1 is 0.963 bits per heavy atom. The molecule has 7 heteroatoms. The van der Waals surface area contributed by atoms with Gasteiger partial charge < -0.3 is 14.5 Å². The van der Waals surface area contributed by atoms with Crippen LogP contribution in [0.1, 0.15) is 22.3 Å². The summed E-state index contributed by atoms with van der Waals surface area (Å²) in [6.45, 7) is 3.09. The number of hydrogen-bond acceptors (Lipinski definition) is 3. The molecule has 0 aromatic heterocycles. The van der Waals surface area contributed by atoms with Crippen LogP contribution in [-0.4, -0.2) is 48.9 Å². The molecule has 1 fully saturated rings. The number of carbonyl (C=O) groups excluding carboxylic acids is 1. The van der Waals surface area contributed by atoms with Crippen molar-refractivity contribution < 1.29 is 22.7 Å². The van der Waals surface area contributed by atoms with Crippen LogP contribution in [0.3, 0.4) is 0 Å². The van der Waals surface area contributed by atoms with E-state index in [2.05, 4.69) is 4.90 Å². The second-order valence-corrected chi connectivity index (χ2v) is 6.60. The lowest BCUT2D eigenvalue weighted by Crippen LogP contribution is -2.34. The van der Waals surface area contributed by atoms with E-state index in [1.54, 1.807) is 29.2 Å². The number of ether oxygens (including phenoxy) is 1. The SMILES string of the molecule is CN1CCCN(C(=O)c2cccc(Oc3cccc(C(F)(F)F)c3)c2)CC1. The first-order valence-corrected chi connectivity index (χ1v) is 8.76. The molecule has 4 nitrogen and oxygen atoms in total. The van der Waals surface area contributed by atoms with Crippen molar-refractivity contribution in [3.8, 4) is 11.5 Å². The summed E-state index contributed by atoms with van der Waals surface area (Å²) >= 11 is 0. The number of halogens is 3. The predicted molar refractivity (Wildman–Crippen MR) is 96.0 cm³/mol. The first-order valence-electron chi connectivity index (χ1n) is 8.76. The zero-order valence-corrected chi connectivity index (χ0v) is 15.0. The van der Waals surface area contributed by atoms with Gasteiger partial charge in [0, 0.05) is 25.2 Å². The third-order valence-corrected chi connectivity index (χ3v) is 4.48. The second kappa shape index (κ2) is 8.00. The molecule has 0 unspecified atom stereocenters. The highest BCUT2D eigenvalue weighted by molar-refractivity contribution is 5.94. The molecule has 1 aliphatic heterocycles. The summed E-state index contributed by atoms with van der Waals surface area (Å²) in [6.07, 6.45) is -3.53. The topological polar surface area (TPSA) is 32.8 Å². The number of nitrogens with zero attached hydrogens (tertiary/aromatic N) is 2. The average Bonchev–Trinajstić information content (AvgIpc) is 2.85. The van der Waals surface area contributed by atoms with Gasteiger partial charge in [-0.2, -0.15) is 13.2 Å².